The molecule has 1 aliphatic rings. The quantitative estimate of drug-likeness (QED) is 0.831. The zero-order valence-corrected chi connectivity index (χ0v) is 10.1. The van der Waals surface area contributed by atoms with E-state index < -0.39 is 17.2 Å². The first-order valence-corrected chi connectivity index (χ1v) is 5.58. The summed E-state index contributed by atoms with van der Waals surface area (Å²) in [5.41, 5.74) is -1.63. The lowest BCUT2D eigenvalue weighted by atomic mass is 9.88. The van der Waals surface area contributed by atoms with E-state index in [-0.39, 0.29) is 17.1 Å². The Bertz CT molecular complexity index is 487. The second-order valence-corrected chi connectivity index (χ2v) is 4.55. The fraction of sp³-hybridized carbons (Fsp3) is 0.462. The van der Waals surface area contributed by atoms with Gasteiger partial charge in [-0.2, -0.15) is 13.2 Å². The van der Waals surface area contributed by atoms with Crippen LogP contribution >= 0.6 is 0 Å². The molecule has 0 atom stereocenters. The first kappa shape index (κ1) is 12.9. The molecule has 1 aromatic carbocycles. The van der Waals surface area contributed by atoms with Gasteiger partial charge in [0.05, 0.1) is 18.1 Å². The van der Waals surface area contributed by atoms with E-state index in [0.29, 0.717) is 12.8 Å². The van der Waals surface area contributed by atoms with Crippen LogP contribution in [0, 0.1) is 0 Å². The van der Waals surface area contributed by atoms with Crippen LogP contribution in [-0.4, -0.2) is 12.9 Å². The van der Waals surface area contributed by atoms with E-state index >= 15 is 0 Å². The monoisotopic (exact) mass is 258 g/mol. The zero-order valence-electron chi connectivity index (χ0n) is 10.1. The third kappa shape index (κ3) is 1.98. The highest BCUT2D eigenvalue weighted by atomic mass is 19.4. The van der Waals surface area contributed by atoms with Crippen molar-refractivity contribution in [1.29, 1.82) is 0 Å². The normalized spacial score (nSPS) is 17.4. The Morgan fingerprint density at radius 3 is 2.33 bits per heavy atom. The van der Waals surface area contributed by atoms with Crippen molar-refractivity contribution in [3.05, 3.63) is 29.3 Å². The molecule has 0 aromatic heterocycles. The third-order valence-corrected chi connectivity index (χ3v) is 3.47. The first-order chi connectivity index (χ1) is 8.31. The topological polar surface area (TPSA) is 26.3 Å². The molecule has 1 aliphatic carbocycles. The predicted octanol–water partition coefficient (Wildman–Crippen LogP) is 3.33. The summed E-state index contributed by atoms with van der Waals surface area (Å²) in [5, 5.41) is 0. The maximum Gasteiger partial charge on any atom is 0.416 e. The van der Waals surface area contributed by atoms with Crippen LogP contribution < -0.4 is 4.74 Å². The summed E-state index contributed by atoms with van der Waals surface area (Å²) in [5.74, 6) is -0.0661. The molecule has 1 saturated carbocycles. The number of ketones is 1. The second-order valence-electron chi connectivity index (χ2n) is 4.55. The summed E-state index contributed by atoms with van der Waals surface area (Å²) in [6.07, 6.45) is -3.51. The van der Waals surface area contributed by atoms with Gasteiger partial charge in [0, 0.05) is 0 Å². The minimum absolute atomic E-state index is 0.0725. The Kier molecular flexibility index (Phi) is 2.87. The molecule has 0 amide bonds. The highest BCUT2D eigenvalue weighted by molar-refractivity contribution is 5.91. The number of hydrogen-bond acceptors (Lipinski definition) is 2. The van der Waals surface area contributed by atoms with Crippen LogP contribution in [0.5, 0.6) is 5.75 Å². The largest absolute Gasteiger partial charge is 0.497 e. The summed E-state index contributed by atoms with van der Waals surface area (Å²) in [7, 11) is 1.31. The van der Waals surface area contributed by atoms with Crippen LogP contribution in [-0.2, 0) is 16.4 Å². The summed E-state index contributed by atoms with van der Waals surface area (Å²) in [4.78, 5) is 11.6. The Morgan fingerprint density at radius 2 is 1.94 bits per heavy atom. The number of halogens is 3. The predicted molar refractivity (Wildman–Crippen MR) is 59.6 cm³/mol. The van der Waals surface area contributed by atoms with Crippen LogP contribution in [0.2, 0.25) is 0 Å². The minimum Gasteiger partial charge on any atom is -0.497 e. The van der Waals surface area contributed by atoms with Gasteiger partial charge < -0.3 is 4.74 Å². The van der Waals surface area contributed by atoms with Gasteiger partial charge in [-0.1, -0.05) is 6.07 Å². The van der Waals surface area contributed by atoms with Crippen LogP contribution in [0.3, 0.4) is 0 Å². The molecule has 2 rings (SSSR count). The molecule has 5 heteroatoms. The molecule has 0 saturated heterocycles. The molecule has 0 unspecified atom stereocenters. The van der Waals surface area contributed by atoms with Gasteiger partial charge in [-0.25, -0.2) is 0 Å². The maximum absolute atomic E-state index is 13.0. The molecule has 1 fully saturated rings. The molecule has 0 spiro atoms. The highest BCUT2D eigenvalue weighted by Gasteiger charge is 2.52. The van der Waals surface area contributed by atoms with Crippen LogP contribution in [0.4, 0.5) is 13.2 Å². The summed E-state index contributed by atoms with van der Waals surface area (Å²) in [6.45, 7) is 1.34. The maximum atomic E-state index is 13.0. The average molecular weight is 258 g/mol. The van der Waals surface area contributed by atoms with Gasteiger partial charge in [0.2, 0.25) is 0 Å². The fourth-order valence-corrected chi connectivity index (χ4v) is 2.24. The number of carbonyl (C=O) groups excluding carboxylic acids is 1. The number of ether oxygens (including phenoxy) is 1. The van der Waals surface area contributed by atoms with E-state index in [4.69, 9.17) is 4.74 Å². The minimum atomic E-state index is -4.48. The molecular weight excluding hydrogens is 245 g/mol. The Labute approximate surface area is 103 Å². The van der Waals surface area contributed by atoms with Gasteiger partial charge in [0.25, 0.3) is 0 Å². The van der Waals surface area contributed by atoms with E-state index in [1.54, 1.807) is 0 Å². The van der Waals surface area contributed by atoms with E-state index in [9.17, 15) is 18.0 Å². The van der Waals surface area contributed by atoms with E-state index in [1.807, 2.05) is 0 Å². The lowest BCUT2D eigenvalue weighted by Gasteiger charge is -2.19. The second kappa shape index (κ2) is 4.00. The molecule has 0 N–H and O–H groups in total. The number of alkyl halides is 3. The van der Waals surface area contributed by atoms with Gasteiger partial charge >= 0.3 is 6.18 Å². The van der Waals surface area contributed by atoms with Gasteiger partial charge in [-0.05, 0) is 37.5 Å². The molecule has 0 heterocycles. The Morgan fingerprint density at radius 1 is 1.33 bits per heavy atom. The summed E-state index contributed by atoms with van der Waals surface area (Å²) in [6, 6.07) is 3.78. The van der Waals surface area contributed by atoms with Crippen molar-refractivity contribution in [1.82, 2.24) is 0 Å². The van der Waals surface area contributed by atoms with Crippen molar-refractivity contribution in [3.63, 3.8) is 0 Å². The zero-order chi connectivity index (χ0) is 13.6. The van der Waals surface area contributed by atoms with Crippen molar-refractivity contribution in [2.24, 2.45) is 0 Å². The molecule has 2 nitrogen and oxygen atoms in total. The van der Waals surface area contributed by atoms with Crippen LogP contribution in [0.25, 0.3) is 0 Å². The van der Waals surface area contributed by atoms with Crippen molar-refractivity contribution < 1.29 is 22.7 Å². The average Bonchev–Trinajstić information content (AvgIpc) is 3.08. The van der Waals surface area contributed by atoms with Crippen molar-refractivity contribution in [2.75, 3.05) is 7.11 Å². The molecule has 98 valence electrons. The Hall–Kier alpha value is -1.52. The van der Waals surface area contributed by atoms with Gasteiger partial charge in [0.1, 0.15) is 11.5 Å². The number of Topliss-reactive ketones (excluding diaryl/α,β-unsaturated/α-hetero) is 1. The summed E-state index contributed by atoms with van der Waals surface area (Å²) < 4.78 is 43.9. The van der Waals surface area contributed by atoms with E-state index in [2.05, 4.69) is 0 Å². The number of methoxy groups -OCH3 is 1. The van der Waals surface area contributed by atoms with Crippen LogP contribution in [0.15, 0.2) is 18.2 Å². The number of hydrogen-bond donors (Lipinski definition) is 0. The number of rotatable bonds is 3. The fourth-order valence-electron chi connectivity index (χ4n) is 2.24. The lowest BCUT2D eigenvalue weighted by molar-refractivity contribution is -0.138. The van der Waals surface area contributed by atoms with Crippen molar-refractivity contribution >= 4 is 5.78 Å². The lowest BCUT2D eigenvalue weighted by Crippen LogP contribution is -2.22. The van der Waals surface area contributed by atoms with Crippen molar-refractivity contribution in [2.45, 2.75) is 31.4 Å². The smallest absolute Gasteiger partial charge is 0.416 e. The molecule has 1 aromatic rings. The molecule has 18 heavy (non-hydrogen) atoms. The van der Waals surface area contributed by atoms with E-state index in [1.165, 1.54) is 26.2 Å². The molecule has 0 bridgehead atoms. The first-order valence-electron chi connectivity index (χ1n) is 5.58. The SMILES string of the molecule is COc1ccc(C2(C(C)=O)CC2)c(C(F)(F)F)c1. The van der Waals surface area contributed by atoms with Gasteiger partial charge in [-0.15, -0.1) is 0 Å². The van der Waals surface area contributed by atoms with Gasteiger partial charge in [-0.3, -0.25) is 4.79 Å². The molecule has 0 aliphatic heterocycles. The number of benzene rings is 1. The van der Waals surface area contributed by atoms with E-state index in [0.717, 1.165) is 6.07 Å². The Balaban J connectivity index is 2.58. The number of carbonyl (C=O) groups is 1. The van der Waals surface area contributed by atoms with Gasteiger partial charge in [0.15, 0.2) is 0 Å². The third-order valence-electron chi connectivity index (χ3n) is 3.47. The summed E-state index contributed by atoms with van der Waals surface area (Å²) >= 11 is 0. The van der Waals surface area contributed by atoms with Crippen molar-refractivity contribution in [3.8, 4) is 5.75 Å². The molecule has 0 radical (unpaired) electrons. The molecular formula is C13H13F3O2. The highest BCUT2D eigenvalue weighted by Crippen LogP contribution is 2.52. The standard InChI is InChI=1S/C13H13F3O2/c1-8(17)12(5-6-12)10-4-3-9(18-2)7-11(10)13(14,15)16/h3-4,7H,5-6H2,1-2H3. The van der Waals surface area contributed by atoms with Crippen LogP contribution in [0.1, 0.15) is 30.9 Å².